The summed E-state index contributed by atoms with van der Waals surface area (Å²) >= 11 is 6.05. The van der Waals surface area contributed by atoms with Crippen LogP contribution in [0.1, 0.15) is 21.5 Å². The molecule has 4 rings (SSSR count). The molecule has 0 unspecified atom stereocenters. The van der Waals surface area contributed by atoms with Gasteiger partial charge in [0.05, 0.1) is 30.1 Å². The summed E-state index contributed by atoms with van der Waals surface area (Å²) in [5.41, 5.74) is 6.95. The van der Waals surface area contributed by atoms with Crippen molar-refractivity contribution in [1.29, 1.82) is 0 Å². The Kier molecular flexibility index (Phi) is 6.63. The van der Waals surface area contributed by atoms with E-state index in [1.165, 1.54) is 7.11 Å². The number of hydrogen-bond acceptors (Lipinski definition) is 6. The maximum Gasteiger partial charge on any atom is 0.337 e. The van der Waals surface area contributed by atoms with Crippen LogP contribution in [0.15, 0.2) is 84.1 Å². The van der Waals surface area contributed by atoms with Crippen molar-refractivity contribution in [2.24, 2.45) is 5.10 Å². The number of aromatic nitrogens is 1. The van der Waals surface area contributed by atoms with Gasteiger partial charge in [-0.05, 0) is 54.1 Å². The molecule has 0 radical (unpaired) electrons. The van der Waals surface area contributed by atoms with E-state index in [0.717, 1.165) is 27.7 Å². The quantitative estimate of drug-likeness (QED) is 0.224. The van der Waals surface area contributed by atoms with Crippen molar-refractivity contribution in [2.45, 2.75) is 6.61 Å². The summed E-state index contributed by atoms with van der Waals surface area (Å²) in [5.74, 6) is 0.332. The van der Waals surface area contributed by atoms with Crippen LogP contribution in [-0.2, 0) is 11.3 Å². The number of halogens is 1. The number of carbonyl (C=O) groups is 1. The molecule has 6 nitrogen and oxygen atoms in total. The summed E-state index contributed by atoms with van der Waals surface area (Å²) in [6.07, 6.45) is 3.41. The Morgan fingerprint density at radius 2 is 1.91 bits per heavy atom. The first-order valence-electron chi connectivity index (χ1n) is 9.86. The predicted octanol–water partition coefficient (Wildman–Crippen LogP) is 5.70. The lowest BCUT2D eigenvalue weighted by Crippen LogP contribution is -2.02. The summed E-state index contributed by atoms with van der Waals surface area (Å²) in [5, 5.41) is 5.93. The van der Waals surface area contributed by atoms with Gasteiger partial charge in [0.25, 0.3) is 0 Å². The molecule has 0 saturated carbocycles. The second-order valence-electron chi connectivity index (χ2n) is 6.90. The van der Waals surface area contributed by atoms with E-state index in [1.54, 1.807) is 24.5 Å². The Hall–Kier alpha value is -3.90. The Bertz CT molecular complexity index is 1270. The molecule has 0 amide bonds. The van der Waals surface area contributed by atoms with Gasteiger partial charge in [0.1, 0.15) is 12.4 Å². The first kappa shape index (κ1) is 21.3. The van der Waals surface area contributed by atoms with Crippen LogP contribution in [0.5, 0.6) is 5.75 Å². The number of para-hydroxylation sites is 1. The van der Waals surface area contributed by atoms with Gasteiger partial charge in [0.2, 0.25) is 0 Å². The number of nitrogens with one attached hydrogen (secondary N) is 1. The average molecular weight is 446 g/mol. The summed E-state index contributed by atoms with van der Waals surface area (Å²) in [6.45, 7) is 0.357. The molecular weight excluding hydrogens is 426 g/mol. The Morgan fingerprint density at radius 3 is 2.72 bits per heavy atom. The molecule has 0 aliphatic rings. The number of rotatable bonds is 7. The van der Waals surface area contributed by atoms with E-state index in [0.29, 0.717) is 22.9 Å². The molecule has 1 N–H and O–H groups in total. The average Bonchev–Trinajstić information content (AvgIpc) is 2.83. The molecule has 0 spiro atoms. The number of pyridine rings is 1. The summed E-state index contributed by atoms with van der Waals surface area (Å²) in [7, 11) is 1.36. The minimum absolute atomic E-state index is 0.357. The fraction of sp³-hybridized carbons (Fsp3) is 0.0800. The molecule has 1 aromatic heterocycles. The van der Waals surface area contributed by atoms with E-state index in [4.69, 9.17) is 21.1 Å². The number of hydrazone groups is 1. The van der Waals surface area contributed by atoms with Crippen LogP contribution in [0.2, 0.25) is 5.02 Å². The van der Waals surface area contributed by atoms with E-state index in [2.05, 4.69) is 15.5 Å². The number of ether oxygens (including phenoxy) is 2. The highest BCUT2D eigenvalue weighted by Crippen LogP contribution is 2.24. The molecule has 4 aromatic rings. The molecule has 0 aliphatic heterocycles. The highest BCUT2D eigenvalue weighted by atomic mass is 35.5. The fourth-order valence-corrected chi connectivity index (χ4v) is 3.29. The molecule has 0 bridgehead atoms. The molecule has 160 valence electrons. The highest BCUT2D eigenvalue weighted by Gasteiger charge is 2.06. The summed E-state index contributed by atoms with van der Waals surface area (Å²) in [4.78, 5) is 15.9. The maximum atomic E-state index is 11.6. The third-order valence-corrected chi connectivity index (χ3v) is 5.02. The smallest absolute Gasteiger partial charge is 0.337 e. The second-order valence-corrected chi connectivity index (χ2v) is 7.34. The minimum atomic E-state index is -0.364. The molecule has 0 atom stereocenters. The highest BCUT2D eigenvalue weighted by molar-refractivity contribution is 6.31. The standard InChI is InChI=1S/C25H20ClN3O3/c1-31-25(30)18-8-6-17(7-9-18)16-32-24-5-3-2-4-19(24)15-28-29-22-12-13-27-23-14-20(26)10-11-21(22)23/h2-15H,16H2,1H3,(H,27,29)/b28-15-. The van der Waals surface area contributed by atoms with Gasteiger partial charge in [-0.1, -0.05) is 35.9 Å². The Balaban J connectivity index is 1.45. The van der Waals surface area contributed by atoms with Crippen LogP contribution in [-0.4, -0.2) is 24.3 Å². The van der Waals surface area contributed by atoms with Crippen molar-refractivity contribution >= 4 is 40.4 Å². The minimum Gasteiger partial charge on any atom is -0.488 e. The van der Waals surface area contributed by atoms with Crippen molar-refractivity contribution in [1.82, 2.24) is 4.98 Å². The van der Waals surface area contributed by atoms with Gasteiger partial charge in [-0.3, -0.25) is 10.4 Å². The van der Waals surface area contributed by atoms with Crippen LogP contribution in [0.25, 0.3) is 10.9 Å². The largest absolute Gasteiger partial charge is 0.488 e. The van der Waals surface area contributed by atoms with E-state index in [-0.39, 0.29) is 5.97 Å². The van der Waals surface area contributed by atoms with E-state index < -0.39 is 0 Å². The zero-order chi connectivity index (χ0) is 22.3. The van der Waals surface area contributed by atoms with Gasteiger partial charge in [0.15, 0.2) is 0 Å². The molecular formula is C25H20ClN3O3. The molecule has 32 heavy (non-hydrogen) atoms. The lowest BCUT2D eigenvalue weighted by Gasteiger charge is -2.10. The molecule has 7 heteroatoms. The number of fused-ring (bicyclic) bond motifs is 1. The fourth-order valence-electron chi connectivity index (χ4n) is 3.12. The van der Waals surface area contributed by atoms with Crippen LogP contribution >= 0.6 is 11.6 Å². The molecule has 3 aromatic carbocycles. The second kappa shape index (κ2) is 9.94. The van der Waals surface area contributed by atoms with E-state index >= 15 is 0 Å². The number of methoxy groups -OCH3 is 1. The van der Waals surface area contributed by atoms with Crippen molar-refractivity contribution in [2.75, 3.05) is 12.5 Å². The summed E-state index contributed by atoms with van der Waals surface area (Å²) in [6, 6.07) is 22.1. The topological polar surface area (TPSA) is 72.8 Å². The lowest BCUT2D eigenvalue weighted by molar-refractivity contribution is 0.0600. The van der Waals surface area contributed by atoms with Gasteiger partial charge in [-0.2, -0.15) is 5.10 Å². The normalized spacial score (nSPS) is 10.9. The lowest BCUT2D eigenvalue weighted by atomic mass is 10.1. The van der Waals surface area contributed by atoms with E-state index in [9.17, 15) is 4.79 Å². The number of carbonyl (C=O) groups excluding carboxylic acids is 1. The van der Waals surface area contributed by atoms with Gasteiger partial charge >= 0.3 is 5.97 Å². The SMILES string of the molecule is COC(=O)c1ccc(COc2ccccc2/C=N\Nc2ccnc3cc(Cl)ccc23)cc1. The third kappa shape index (κ3) is 5.04. The molecule has 0 saturated heterocycles. The number of hydrogen-bond donors (Lipinski definition) is 1. The van der Waals surface area contributed by atoms with Crippen molar-refractivity contribution in [3.8, 4) is 5.75 Å². The third-order valence-electron chi connectivity index (χ3n) is 4.78. The van der Waals surface area contributed by atoms with Gasteiger partial charge in [0, 0.05) is 22.2 Å². The number of esters is 1. The number of nitrogens with zero attached hydrogens (tertiary/aromatic N) is 2. The predicted molar refractivity (Wildman–Crippen MR) is 127 cm³/mol. The number of benzene rings is 3. The Labute approximate surface area is 190 Å². The first-order valence-corrected chi connectivity index (χ1v) is 10.2. The van der Waals surface area contributed by atoms with Gasteiger partial charge in [-0.15, -0.1) is 0 Å². The van der Waals surface area contributed by atoms with Crippen molar-refractivity contribution < 1.29 is 14.3 Å². The van der Waals surface area contributed by atoms with Crippen LogP contribution in [0.4, 0.5) is 5.69 Å². The van der Waals surface area contributed by atoms with Gasteiger partial charge < -0.3 is 9.47 Å². The van der Waals surface area contributed by atoms with Crippen LogP contribution in [0.3, 0.4) is 0 Å². The molecule has 0 aliphatic carbocycles. The maximum absolute atomic E-state index is 11.6. The van der Waals surface area contributed by atoms with Crippen molar-refractivity contribution in [3.63, 3.8) is 0 Å². The van der Waals surface area contributed by atoms with Crippen LogP contribution < -0.4 is 10.2 Å². The van der Waals surface area contributed by atoms with E-state index in [1.807, 2.05) is 60.7 Å². The van der Waals surface area contributed by atoms with Crippen LogP contribution in [0, 0.1) is 0 Å². The first-order chi connectivity index (χ1) is 15.6. The number of anilines is 1. The molecule has 1 heterocycles. The zero-order valence-corrected chi connectivity index (χ0v) is 18.0. The monoisotopic (exact) mass is 445 g/mol. The van der Waals surface area contributed by atoms with Gasteiger partial charge in [-0.25, -0.2) is 4.79 Å². The molecule has 0 fully saturated rings. The Morgan fingerprint density at radius 1 is 1.09 bits per heavy atom. The van der Waals surface area contributed by atoms with Crippen molar-refractivity contribution in [3.05, 3.63) is 101 Å². The zero-order valence-electron chi connectivity index (χ0n) is 17.3. The summed E-state index contributed by atoms with van der Waals surface area (Å²) < 4.78 is 10.7.